The minimum atomic E-state index is 0.471. The summed E-state index contributed by atoms with van der Waals surface area (Å²) >= 11 is 0. The molecule has 3 rings (SSSR count). The Bertz CT molecular complexity index is 303. The first-order valence-electron chi connectivity index (χ1n) is 10.1. The molecule has 3 nitrogen and oxygen atoms in total. The van der Waals surface area contributed by atoms with E-state index in [-0.39, 0.29) is 0 Å². The Morgan fingerprint density at radius 2 is 1.27 bits per heavy atom. The number of hydrogen-bond donors (Lipinski definition) is 2. The molecule has 0 bridgehead atoms. The first-order chi connectivity index (χ1) is 10.8. The lowest BCUT2D eigenvalue weighted by Crippen LogP contribution is -2.70. The van der Waals surface area contributed by atoms with Crippen molar-refractivity contribution in [2.75, 3.05) is 0 Å². The van der Waals surface area contributed by atoms with Crippen LogP contribution in [0, 0.1) is 0 Å². The highest BCUT2D eigenvalue weighted by atomic mass is 15.5. The third-order valence-corrected chi connectivity index (χ3v) is 6.19. The van der Waals surface area contributed by atoms with Crippen LogP contribution in [0.15, 0.2) is 0 Å². The van der Waals surface area contributed by atoms with E-state index in [1.807, 2.05) is 0 Å². The predicted octanol–water partition coefficient (Wildman–Crippen LogP) is 3.99. The smallest absolute Gasteiger partial charge is 0.115 e. The molecule has 3 aliphatic heterocycles. The Labute approximate surface area is 137 Å². The van der Waals surface area contributed by atoms with Crippen LogP contribution in [0.4, 0.5) is 0 Å². The standard InChI is InChI=1S/C19H37N3/c1-3-5-7-9-15-13-17-11-12-18-14-16(10-8-6-4-2)21-19(20-15)22(17)18/h15-21H,3-14H2,1-2H3. The molecule has 4 unspecified atom stereocenters. The van der Waals surface area contributed by atoms with E-state index in [1.54, 1.807) is 0 Å². The zero-order valence-electron chi connectivity index (χ0n) is 14.8. The molecule has 0 spiro atoms. The van der Waals surface area contributed by atoms with Crippen LogP contribution in [0.3, 0.4) is 0 Å². The van der Waals surface area contributed by atoms with Gasteiger partial charge in [-0.2, -0.15) is 0 Å². The maximum Gasteiger partial charge on any atom is 0.115 e. The molecule has 0 amide bonds. The fourth-order valence-corrected chi connectivity index (χ4v) is 5.03. The Morgan fingerprint density at radius 3 is 1.73 bits per heavy atom. The minimum Gasteiger partial charge on any atom is -0.287 e. The van der Waals surface area contributed by atoms with Gasteiger partial charge in [-0.25, -0.2) is 0 Å². The largest absolute Gasteiger partial charge is 0.287 e. The summed E-state index contributed by atoms with van der Waals surface area (Å²) in [5.41, 5.74) is 0. The van der Waals surface area contributed by atoms with Gasteiger partial charge >= 0.3 is 0 Å². The van der Waals surface area contributed by atoms with Crippen molar-refractivity contribution in [3.8, 4) is 0 Å². The molecule has 3 heterocycles. The van der Waals surface area contributed by atoms with Crippen molar-refractivity contribution in [3.63, 3.8) is 0 Å². The molecule has 3 fully saturated rings. The number of nitrogens with zero attached hydrogens (tertiary/aromatic N) is 1. The second-order valence-corrected chi connectivity index (χ2v) is 7.92. The fraction of sp³-hybridized carbons (Fsp3) is 1.00. The topological polar surface area (TPSA) is 27.3 Å². The van der Waals surface area contributed by atoms with Crippen LogP contribution in [-0.2, 0) is 0 Å². The molecule has 3 heteroatoms. The summed E-state index contributed by atoms with van der Waals surface area (Å²) in [6.07, 6.45) is 17.1. The van der Waals surface area contributed by atoms with Gasteiger partial charge in [0.25, 0.3) is 0 Å². The molecule has 0 saturated carbocycles. The van der Waals surface area contributed by atoms with Gasteiger partial charge in [-0.1, -0.05) is 52.4 Å². The lowest BCUT2D eigenvalue weighted by Gasteiger charge is -2.50. The second kappa shape index (κ2) is 8.12. The predicted molar refractivity (Wildman–Crippen MR) is 93.8 cm³/mol. The molecule has 0 aromatic heterocycles. The van der Waals surface area contributed by atoms with Gasteiger partial charge in [0, 0.05) is 24.2 Å². The van der Waals surface area contributed by atoms with E-state index in [9.17, 15) is 0 Å². The summed E-state index contributed by atoms with van der Waals surface area (Å²) in [4.78, 5) is 2.80. The summed E-state index contributed by atoms with van der Waals surface area (Å²) in [5.74, 6) is 0. The minimum absolute atomic E-state index is 0.471. The van der Waals surface area contributed by atoms with Gasteiger partial charge in [0.15, 0.2) is 0 Å². The van der Waals surface area contributed by atoms with Crippen LogP contribution in [0.1, 0.15) is 90.9 Å². The van der Waals surface area contributed by atoms with Crippen LogP contribution in [-0.4, -0.2) is 35.4 Å². The third kappa shape index (κ3) is 3.85. The lowest BCUT2D eigenvalue weighted by atomic mass is 9.95. The average molecular weight is 308 g/mol. The molecule has 0 aromatic rings. The zero-order valence-corrected chi connectivity index (χ0v) is 14.8. The lowest BCUT2D eigenvalue weighted by molar-refractivity contribution is -0.0185. The van der Waals surface area contributed by atoms with Crippen molar-refractivity contribution in [1.29, 1.82) is 0 Å². The molecule has 4 atom stereocenters. The highest BCUT2D eigenvalue weighted by Gasteiger charge is 2.46. The molecule has 2 N–H and O–H groups in total. The fourth-order valence-electron chi connectivity index (χ4n) is 5.03. The molecule has 3 aliphatic rings. The Balaban J connectivity index is 1.54. The summed E-state index contributed by atoms with van der Waals surface area (Å²) < 4.78 is 0. The first kappa shape index (κ1) is 16.7. The Kier molecular flexibility index (Phi) is 6.17. The van der Waals surface area contributed by atoms with E-state index in [1.165, 1.54) is 77.0 Å². The van der Waals surface area contributed by atoms with Gasteiger partial charge in [0.2, 0.25) is 0 Å². The Hall–Kier alpha value is -0.120. The average Bonchev–Trinajstić information content (AvgIpc) is 2.92. The second-order valence-electron chi connectivity index (χ2n) is 7.92. The molecule has 3 saturated heterocycles. The van der Waals surface area contributed by atoms with Crippen LogP contribution in [0.2, 0.25) is 0 Å². The SMILES string of the molecule is CCCCCC1CC2CCC3CC(CCCCC)NC(N1)N23. The van der Waals surface area contributed by atoms with Gasteiger partial charge in [0.05, 0.1) is 0 Å². The van der Waals surface area contributed by atoms with Crippen molar-refractivity contribution in [2.45, 2.75) is 121 Å². The van der Waals surface area contributed by atoms with E-state index < -0.39 is 0 Å². The van der Waals surface area contributed by atoms with Crippen LogP contribution in [0.5, 0.6) is 0 Å². The van der Waals surface area contributed by atoms with Gasteiger partial charge in [0.1, 0.15) is 6.29 Å². The molecule has 128 valence electrons. The Morgan fingerprint density at radius 1 is 0.773 bits per heavy atom. The van der Waals surface area contributed by atoms with Gasteiger partial charge in [-0.3, -0.25) is 15.5 Å². The summed E-state index contributed by atoms with van der Waals surface area (Å²) in [5, 5.41) is 7.90. The molecular weight excluding hydrogens is 270 g/mol. The van der Waals surface area contributed by atoms with Crippen molar-refractivity contribution in [2.24, 2.45) is 0 Å². The van der Waals surface area contributed by atoms with Crippen molar-refractivity contribution in [1.82, 2.24) is 15.5 Å². The monoisotopic (exact) mass is 307 g/mol. The highest BCUT2D eigenvalue weighted by Crippen LogP contribution is 2.37. The van der Waals surface area contributed by atoms with E-state index in [4.69, 9.17) is 0 Å². The maximum absolute atomic E-state index is 3.95. The van der Waals surface area contributed by atoms with Crippen LogP contribution < -0.4 is 10.6 Å². The van der Waals surface area contributed by atoms with Gasteiger partial charge in [-0.15, -0.1) is 0 Å². The zero-order chi connectivity index (χ0) is 15.4. The molecule has 0 aromatic carbocycles. The molecule has 22 heavy (non-hydrogen) atoms. The van der Waals surface area contributed by atoms with Gasteiger partial charge < -0.3 is 0 Å². The quantitative estimate of drug-likeness (QED) is 0.664. The number of hydrogen-bond acceptors (Lipinski definition) is 3. The van der Waals surface area contributed by atoms with Crippen LogP contribution in [0.25, 0.3) is 0 Å². The number of unbranched alkanes of at least 4 members (excludes halogenated alkanes) is 4. The molecular formula is C19H37N3. The number of rotatable bonds is 8. The number of nitrogens with one attached hydrogen (secondary N) is 2. The van der Waals surface area contributed by atoms with Crippen molar-refractivity contribution >= 4 is 0 Å². The van der Waals surface area contributed by atoms with Crippen LogP contribution >= 0.6 is 0 Å². The normalized spacial score (nSPS) is 38.2. The third-order valence-electron chi connectivity index (χ3n) is 6.19. The van der Waals surface area contributed by atoms with E-state index >= 15 is 0 Å². The highest BCUT2D eigenvalue weighted by molar-refractivity contribution is 5.01. The van der Waals surface area contributed by atoms with Crippen molar-refractivity contribution < 1.29 is 0 Å². The van der Waals surface area contributed by atoms with Crippen molar-refractivity contribution in [3.05, 3.63) is 0 Å². The summed E-state index contributed by atoms with van der Waals surface area (Å²) in [7, 11) is 0. The van der Waals surface area contributed by atoms with E-state index in [0.29, 0.717) is 6.29 Å². The maximum atomic E-state index is 3.95. The summed E-state index contributed by atoms with van der Waals surface area (Å²) in [6, 6.07) is 3.20. The first-order valence-corrected chi connectivity index (χ1v) is 10.1. The van der Waals surface area contributed by atoms with E-state index in [2.05, 4.69) is 29.4 Å². The summed E-state index contributed by atoms with van der Waals surface area (Å²) in [6.45, 7) is 4.61. The molecule has 0 radical (unpaired) electrons. The van der Waals surface area contributed by atoms with E-state index in [0.717, 1.165) is 24.2 Å². The molecule has 0 aliphatic carbocycles. The van der Waals surface area contributed by atoms with Gasteiger partial charge in [-0.05, 0) is 38.5 Å².